The lowest BCUT2D eigenvalue weighted by atomic mass is 9.45. The summed E-state index contributed by atoms with van der Waals surface area (Å²) in [6, 6.07) is 0. The molecule has 0 radical (unpaired) electrons. The number of hydrogen-bond donors (Lipinski definition) is 3. The third-order valence-corrected chi connectivity index (χ3v) is 8.73. The second kappa shape index (κ2) is 4.93. The van der Waals surface area contributed by atoms with Gasteiger partial charge in [0.2, 0.25) is 0 Å². The number of hydrogen-bond acceptors (Lipinski definition) is 4. The van der Waals surface area contributed by atoms with Crippen molar-refractivity contribution in [2.24, 2.45) is 34.5 Å². The third-order valence-electron chi connectivity index (χ3n) is 8.73. The first-order valence-corrected chi connectivity index (χ1v) is 9.42. The topological polar surface area (TPSA) is 77.8 Å². The molecule has 4 heteroatoms. The summed E-state index contributed by atoms with van der Waals surface area (Å²) >= 11 is 0. The average molecular weight is 334 g/mol. The van der Waals surface area contributed by atoms with Gasteiger partial charge in [-0.25, -0.2) is 0 Å². The van der Waals surface area contributed by atoms with Crippen molar-refractivity contribution in [1.82, 2.24) is 0 Å². The Hall–Kier alpha value is -0.710. The van der Waals surface area contributed by atoms with Crippen molar-refractivity contribution in [3.05, 3.63) is 12.2 Å². The first kappa shape index (κ1) is 16.7. The molecule has 24 heavy (non-hydrogen) atoms. The highest BCUT2D eigenvalue weighted by Crippen LogP contribution is 2.67. The zero-order valence-corrected chi connectivity index (χ0v) is 14.9. The number of carbonyl (C=O) groups is 1. The number of aliphatic hydroxyl groups excluding tert-OH is 2. The summed E-state index contributed by atoms with van der Waals surface area (Å²) in [5.41, 5.74) is -1.52. The van der Waals surface area contributed by atoms with Crippen molar-refractivity contribution < 1.29 is 20.1 Å². The van der Waals surface area contributed by atoms with Gasteiger partial charge < -0.3 is 15.3 Å². The molecule has 0 saturated heterocycles. The summed E-state index contributed by atoms with van der Waals surface area (Å²) in [4.78, 5) is 11.9. The van der Waals surface area contributed by atoms with E-state index in [0.717, 1.165) is 12.8 Å². The van der Waals surface area contributed by atoms with Crippen molar-refractivity contribution in [1.29, 1.82) is 0 Å². The highest BCUT2D eigenvalue weighted by Gasteiger charge is 2.66. The first-order chi connectivity index (χ1) is 11.1. The Morgan fingerprint density at radius 3 is 2.50 bits per heavy atom. The maximum atomic E-state index is 11.9. The summed E-state index contributed by atoms with van der Waals surface area (Å²) in [5.74, 6) is 1.05. The zero-order valence-electron chi connectivity index (χ0n) is 14.9. The van der Waals surface area contributed by atoms with Gasteiger partial charge in [-0.1, -0.05) is 19.9 Å². The fraction of sp³-hybridized carbons (Fsp3) is 0.850. The van der Waals surface area contributed by atoms with Gasteiger partial charge in [0.05, 0.1) is 17.8 Å². The maximum absolute atomic E-state index is 11.9. The molecular formula is C20H30O4. The normalized spacial score (nSPS) is 59.7. The molecule has 0 bridgehead atoms. The Morgan fingerprint density at radius 2 is 1.79 bits per heavy atom. The van der Waals surface area contributed by atoms with Gasteiger partial charge in [-0.3, -0.25) is 4.79 Å². The Kier molecular flexibility index (Phi) is 3.44. The van der Waals surface area contributed by atoms with Crippen LogP contribution >= 0.6 is 0 Å². The van der Waals surface area contributed by atoms with Gasteiger partial charge in [0.25, 0.3) is 0 Å². The van der Waals surface area contributed by atoms with Gasteiger partial charge in [0.1, 0.15) is 0 Å². The SMILES string of the molecule is C[C@]12C=CC(=O)C[C@H]1[C@H](O)C[C@@H]1[C@@H]2CC[C@@]2(C)[C@H]1C[C@@H](O)[C@]2(C)O. The number of fused-ring (bicyclic) bond motifs is 5. The van der Waals surface area contributed by atoms with E-state index in [0.29, 0.717) is 31.1 Å². The van der Waals surface area contributed by atoms with E-state index < -0.39 is 17.8 Å². The fourth-order valence-corrected chi connectivity index (χ4v) is 6.92. The van der Waals surface area contributed by atoms with Crippen LogP contribution in [-0.4, -0.2) is 38.9 Å². The Bertz CT molecular complexity index is 596. The molecule has 0 aliphatic heterocycles. The van der Waals surface area contributed by atoms with Gasteiger partial charge >= 0.3 is 0 Å². The van der Waals surface area contributed by atoms with Crippen LogP contribution in [0.25, 0.3) is 0 Å². The molecule has 3 N–H and O–H groups in total. The molecule has 4 aliphatic carbocycles. The van der Waals surface area contributed by atoms with Crippen molar-refractivity contribution in [2.75, 3.05) is 0 Å². The molecule has 4 rings (SSSR count). The van der Waals surface area contributed by atoms with E-state index in [1.165, 1.54) is 0 Å². The standard InChI is InChI=1S/C20H30O4/c1-18-6-4-11(21)8-15(18)16(22)9-12-13(18)5-7-19(2)14(12)10-17(23)20(19,3)24/h4,6,12-17,22-24H,5,7-10H2,1-3H3/t12-,13+,14+,15+,16-,17-,18-,19+,20+/m1/s1. The lowest BCUT2D eigenvalue weighted by Crippen LogP contribution is -2.59. The molecule has 134 valence electrons. The summed E-state index contributed by atoms with van der Waals surface area (Å²) < 4.78 is 0. The molecule has 0 spiro atoms. The molecule has 0 amide bonds. The first-order valence-electron chi connectivity index (χ1n) is 9.42. The Labute approximate surface area is 144 Å². The number of aliphatic hydroxyl groups is 3. The van der Waals surface area contributed by atoms with E-state index in [9.17, 15) is 20.1 Å². The van der Waals surface area contributed by atoms with Crippen LogP contribution in [0.15, 0.2) is 12.2 Å². The second-order valence-corrected chi connectivity index (χ2v) is 9.51. The highest BCUT2D eigenvalue weighted by molar-refractivity contribution is 5.91. The molecule has 3 fully saturated rings. The van der Waals surface area contributed by atoms with Crippen LogP contribution in [0.1, 0.15) is 52.9 Å². The van der Waals surface area contributed by atoms with E-state index in [1.807, 2.05) is 0 Å². The molecule has 0 unspecified atom stereocenters. The minimum absolute atomic E-state index is 0.00689. The number of ketones is 1. The zero-order chi connectivity index (χ0) is 17.5. The number of rotatable bonds is 0. The molecule has 4 aliphatic rings. The Morgan fingerprint density at radius 1 is 1.08 bits per heavy atom. The summed E-state index contributed by atoms with van der Waals surface area (Å²) in [6.07, 6.45) is 6.21. The molecule has 3 saturated carbocycles. The monoisotopic (exact) mass is 334 g/mol. The lowest BCUT2D eigenvalue weighted by molar-refractivity contribution is -0.167. The van der Waals surface area contributed by atoms with Crippen LogP contribution in [0.2, 0.25) is 0 Å². The molecule has 0 aromatic heterocycles. The smallest absolute Gasteiger partial charge is 0.155 e. The minimum atomic E-state index is -1.07. The van der Waals surface area contributed by atoms with E-state index in [1.54, 1.807) is 13.0 Å². The summed E-state index contributed by atoms with van der Waals surface area (Å²) in [7, 11) is 0. The van der Waals surface area contributed by atoms with Gasteiger partial charge in [0, 0.05) is 17.8 Å². The van der Waals surface area contributed by atoms with E-state index in [2.05, 4.69) is 19.9 Å². The quantitative estimate of drug-likeness (QED) is 0.634. The maximum Gasteiger partial charge on any atom is 0.155 e. The third kappa shape index (κ3) is 1.88. The van der Waals surface area contributed by atoms with Crippen molar-refractivity contribution >= 4 is 5.78 Å². The molecule has 0 heterocycles. The van der Waals surface area contributed by atoms with E-state index in [-0.39, 0.29) is 28.4 Å². The van der Waals surface area contributed by atoms with Crippen molar-refractivity contribution in [2.45, 2.75) is 70.7 Å². The van der Waals surface area contributed by atoms with E-state index >= 15 is 0 Å². The van der Waals surface area contributed by atoms with Gasteiger partial charge in [-0.05, 0) is 61.9 Å². The minimum Gasteiger partial charge on any atom is -0.393 e. The van der Waals surface area contributed by atoms with E-state index in [4.69, 9.17) is 0 Å². The van der Waals surface area contributed by atoms with Crippen molar-refractivity contribution in [3.8, 4) is 0 Å². The average Bonchev–Trinajstić information content (AvgIpc) is 2.69. The summed E-state index contributed by atoms with van der Waals surface area (Å²) in [5, 5.41) is 32.2. The fourth-order valence-electron chi connectivity index (χ4n) is 6.92. The van der Waals surface area contributed by atoms with Crippen LogP contribution in [0, 0.1) is 34.5 Å². The molecule has 0 aromatic carbocycles. The number of allylic oxidation sites excluding steroid dienone is 2. The van der Waals surface area contributed by atoms with Gasteiger partial charge in [-0.2, -0.15) is 0 Å². The van der Waals surface area contributed by atoms with Gasteiger partial charge in [0.15, 0.2) is 5.78 Å². The van der Waals surface area contributed by atoms with Crippen LogP contribution < -0.4 is 0 Å². The number of carbonyl (C=O) groups excluding carboxylic acids is 1. The van der Waals surface area contributed by atoms with Crippen LogP contribution in [0.3, 0.4) is 0 Å². The molecule has 0 aromatic rings. The molecule has 9 atom stereocenters. The van der Waals surface area contributed by atoms with Crippen LogP contribution in [0.5, 0.6) is 0 Å². The summed E-state index contributed by atoms with van der Waals surface area (Å²) in [6.45, 7) is 6.10. The van der Waals surface area contributed by atoms with Crippen LogP contribution in [0.4, 0.5) is 0 Å². The van der Waals surface area contributed by atoms with Crippen molar-refractivity contribution in [3.63, 3.8) is 0 Å². The molecular weight excluding hydrogens is 304 g/mol. The second-order valence-electron chi connectivity index (χ2n) is 9.51. The van der Waals surface area contributed by atoms with Crippen LogP contribution in [-0.2, 0) is 4.79 Å². The lowest BCUT2D eigenvalue weighted by Gasteiger charge is -2.60. The Balaban J connectivity index is 1.74. The largest absolute Gasteiger partial charge is 0.393 e. The van der Waals surface area contributed by atoms with Gasteiger partial charge in [-0.15, -0.1) is 0 Å². The predicted octanol–water partition coefficient (Wildman–Crippen LogP) is 2.07. The molecule has 4 nitrogen and oxygen atoms in total. The highest BCUT2D eigenvalue weighted by atomic mass is 16.3. The predicted molar refractivity (Wildman–Crippen MR) is 90.0 cm³/mol.